The minimum Gasteiger partial charge on any atom is -0.297 e. The molecule has 1 amide bonds. The van der Waals surface area contributed by atoms with Crippen LogP contribution in [0.15, 0.2) is 23.8 Å². The molecule has 1 saturated carbocycles. The SMILES string of the molecule is Cc1nc(-c2ncccn2)sc1C(=O)Nc1nc(C2CC2)cs1. The van der Waals surface area contributed by atoms with Gasteiger partial charge in [-0.3, -0.25) is 10.1 Å². The number of anilines is 1. The Hall–Kier alpha value is -2.19. The first kappa shape index (κ1) is 14.4. The predicted octanol–water partition coefficient (Wildman–Crippen LogP) is 3.49. The van der Waals surface area contributed by atoms with E-state index in [0.717, 1.165) is 5.69 Å². The lowest BCUT2D eigenvalue weighted by Gasteiger charge is -1.99. The van der Waals surface area contributed by atoms with E-state index < -0.39 is 0 Å². The summed E-state index contributed by atoms with van der Waals surface area (Å²) in [5.41, 5.74) is 1.76. The Labute approximate surface area is 140 Å². The average molecular weight is 343 g/mol. The van der Waals surface area contributed by atoms with Gasteiger partial charge in [0, 0.05) is 23.7 Å². The predicted molar refractivity (Wildman–Crippen MR) is 89.9 cm³/mol. The minimum absolute atomic E-state index is 0.182. The molecule has 4 rings (SSSR count). The first-order valence-electron chi connectivity index (χ1n) is 7.22. The van der Waals surface area contributed by atoms with Crippen LogP contribution in [0.1, 0.15) is 39.8 Å². The molecular weight excluding hydrogens is 330 g/mol. The van der Waals surface area contributed by atoms with Crippen molar-refractivity contribution in [2.45, 2.75) is 25.7 Å². The molecule has 1 aliphatic carbocycles. The van der Waals surface area contributed by atoms with Crippen LogP contribution < -0.4 is 5.32 Å². The Bertz CT molecular complexity index is 854. The lowest BCUT2D eigenvalue weighted by Crippen LogP contribution is -2.11. The van der Waals surface area contributed by atoms with Gasteiger partial charge in [-0.2, -0.15) is 0 Å². The molecule has 3 aromatic heterocycles. The van der Waals surface area contributed by atoms with Gasteiger partial charge in [0.15, 0.2) is 16.0 Å². The van der Waals surface area contributed by atoms with Gasteiger partial charge in [-0.1, -0.05) is 0 Å². The first-order valence-corrected chi connectivity index (χ1v) is 8.92. The Kier molecular flexibility index (Phi) is 3.62. The number of rotatable bonds is 4. The van der Waals surface area contributed by atoms with E-state index in [1.54, 1.807) is 18.5 Å². The third-order valence-electron chi connectivity index (χ3n) is 3.50. The number of carbonyl (C=O) groups excluding carboxylic acids is 1. The van der Waals surface area contributed by atoms with E-state index in [2.05, 4.69) is 25.3 Å². The molecule has 3 aromatic rings. The molecule has 1 N–H and O–H groups in total. The third kappa shape index (κ3) is 2.99. The summed E-state index contributed by atoms with van der Waals surface area (Å²) in [5.74, 6) is 0.938. The van der Waals surface area contributed by atoms with Gasteiger partial charge in [-0.05, 0) is 25.8 Å². The molecule has 0 bridgehead atoms. The van der Waals surface area contributed by atoms with Gasteiger partial charge in [-0.15, -0.1) is 22.7 Å². The van der Waals surface area contributed by atoms with Gasteiger partial charge in [0.2, 0.25) is 0 Å². The van der Waals surface area contributed by atoms with Crippen LogP contribution in [0.3, 0.4) is 0 Å². The molecule has 8 heteroatoms. The molecule has 0 aliphatic heterocycles. The van der Waals surface area contributed by atoms with Crippen LogP contribution >= 0.6 is 22.7 Å². The lowest BCUT2D eigenvalue weighted by molar-refractivity contribution is 0.103. The lowest BCUT2D eigenvalue weighted by atomic mass is 10.3. The second-order valence-electron chi connectivity index (χ2n) is 5.31. The van der Waals surface area contributed by atoms with E-state index in [0.29, 0.717) is 32.5 Å². The molecule has 1 aliphatic rings. The number of aryl methyl sites for hydroxylation is 1. The van der Waals surface area contributed by atoms with Crippen molar-refractivity contribution in [2.75, 3.05) is 5.32 Å². The van der Waals surface area contributed by atoms with E-state index in [4.69, 9.17) is 0 Å². The standard InChI is InChI=1S/C15H13N5OS2/c1-8-11(23-14(18-8)12-16-5-2-6-17-12)13(21)20-15-19-10(7-22-15)9-3-4-9/h2,5-7,9H,3-4H2,1H3,(H,19,20,21). The number of hydrogen-bond donors (Lipinski definition) is 1. The number of hydrogen-bond acceptors (Lipinski definition) is 7. The average Bonchev–Trinajstić information content (AvgIpc) is 3.19. The zero-order valence-corrected chi connectivity index (χ0v) is 13.9. The largest absolute Gasteiger partial charge is 0.297 e. The van der Waals surface area contributed by atoms with Gasteiger partial charge in [0.1, 0.15) is 4.88 Å². The minimum atomic E-state index is -0.182. The number of aromatic nitrogens is 4. The Morgan fingerprint density at radius 3 is 2.78 bits per heavy atom. The van der Waals surface area contributed by atoms with E-state index in [1.165, 1.54) is 35.5 Å². The van der Waals surface area contributed by atoms with Crippen LogP contribution in [0.4, 0.5) is 5.13 Å². The van der Waals surface area contributed by atoms with Gasteiger partial charge < -0.3 is 0 Å². The summed E-state index contributed by atoms with van der Waals surface area (Å²) in [6.45, 7) is 1.81. The molecule has 0 saturated heterocycles. The number of amides is 1. The van der Waals surface area contributed by atoms with Crippen LogP contribution in [0.25, 0.3) is 10.8 Å². The van der Waals surface area contributed by atoms with Crippen LogP contribution in [0.2, 0.25) is 0 Å². The molecule has 0 atom stereocenters. The number of carbonyl (C=O) groups is 1. The van der Waals surface area contributed by atoms with Gasteiger partial charge in [-0.25, -0.2) is 19.9 Å². The van der Waals surface area contributed by atoms with E-state index in [9.17, 15) is 4.79 Å². The van der Waals surface area contributed by atoms with Crippen molar-refractivity contribution in [1.82, 2.24) is 19.9 Å². The van der Waals surface area contributed by atoms with Crippen LogP contribution in [-0.4, -0.2) is 25.8 Å². The fraction of sp³-hybridized carbons (Fsp3) is 0.267. The molecule has 0 spiro atoms. The van der Waals surface area contributed by atoms with E-state index in [1.807, 2.05) is 12.3 Å². The maximum absolute atomic E-state index is 12.5. The topological polar surface area (TPSA) is 80.7 Å². The normalized spacial score (nSPS) is 14.0. The maximum atomic E-state index is 12.5. The molecule has 23 heavy (non-hydrogen) atoms. The van der Waals surface area contributed by atoms with Crippen molar-refractivity contribution < 1.29 is 4.79 Å². The fourth-order valence-electron chi connectivity index (χ4n) is 2.18. The zero-order chi connectivity index (χ0) is 15.8. The quantitative estimate of drug-likeness (QED) is 0.784. The smallest absolute Gasteiger partial charge is 0.269 e. The van der Waals surface area contributed by atoms with Crippen molar-refractivity contribution in [1.29, 1.82) is 0 Å². The van der Waals surface area contributed by atoms with Crippen molar-refractivity contribution in [3.63, 3.8) is 0 Å². The molecule has 6 nitrogen and oxygen atoms in total. The Balaban J connectivity index is 1.54. The highest BCUT2D eigenvalue weighted by molar-refractivity contribution is 7.17. The maximum Gasteiger partial charge on any atom is 0.269 e. The summed E-state index contributed by atoms with van der Waals surface area (Å²) < 4.78 is 0. The molecule has 0 unspecified atom stereocenters. The van der Waals surface area contributed by atoms with Crippen LogP contribution in [0.5, 0.6) is 0 Å². The number of thiazole rings is 2. The highest BCUT2D eigenvalue weighted by Crippen LogP contribution is 2.41. The summed E-state index contributed by atoms with van der Waals surface area (Å²) in [6, 6.07) is 1.75. The van der Waals surface area contributed by atoms with Crippen molar-refractivity contribution in [2.24, 2.45) is 0 Å². The fourth-order valence-corrected chi connectivity index (χ4v) is 3.87. The zero-order valence-electron chi connectivity index (χ0n) is 12.3. The number of nitrogens with one attached hydrogen (secondary N) is 1. The second kappa shape index (κ2) is 5.78. The van der Waals surface area contributed by atoms with Crippen molar-refractivity contribution >= 4 is 33.7 Å². The highest BCUT2D eigenvalue weighted by atomic mass is 32.1. The Morgan fingerprint density at radius 1 is 1.26 bits per heavy atom. The number of nitrogens with zero attached hydrogens (tertiary/aromatic N) is 4. The van der Waals surface area contributed by atoms with E-state index >= 15 is 0 Å². The summed E-state index contributed by atoms with van der Waals surface area (Å²) >= 11 is 2.76. The molecule has 116 valence electrons. The van der Waals surface area contributed by atoms with Gasteiger partial charge in [0.25, 0.3) is 5.91 Å². The van der Waals surface area contributed by atoms with Crippen molar-refractivity contribution in [3.05, 3.63) is 40.1 Å². The summed E-state index contributed by atoms with van der Waals surface area (Å²) in [6.07, 6.45) is 5.72. The second-order valence-corrected chi connectivity index (χ2v) is 7.17. The van der Waals surface area contributed by atoms with E-state index in [-0.39, 0.29) is 5.91 Å². The van der Waals surface area contributed by atoms with Crippen molar-refractivity contribution in [3.8, 4) is 10.8 Å². The monoisotopic (exact) mass is 343 g/mol. The summed E-state index contributed by atoms with van der Waals surface area (Å²) in [7, 11) is 0. The Morgan fingerprint density at radius 2 is 2.04 bits per heavy atom. The molecule has 0 radical (unpaired) electrons. The summed E-state index contributed by atoms with van der Waals surface area (Å²) in [4.78, 5) is 30.2. The van der Waals surface area contributed by atoms with Crippen LogP contribution in [0, 0.1) is 6.92 Å². The van der Waals surface area contributed by atoms with Gasteiger partial charge >= 0.3 is 0 Å². The van der Waals surface area contributed by atoms with Crippen LogP contribution in [-0.2, 0) is 0 Å². The third-order valence-corrected chi connectivity index (χ3v) is 5.43. The molecule has 1 fully saturated rings. The molecular formula is C15H13N5OS2. The summed E-state index contributed by atoms with van der Waals surface area (Å²) in [5, 5.41) is 6.17. The molecule has 0 aromatic carbocycles. The highest BCUT2D eigenvalue weighted by Gasteiger charge is 2.26. The molecule has 3 heterocycles. The van der Waals surface area contributed by atoms with Gasteiger partial charge in [0.05, 0.1) is 11.4 Å². The first-order chi connectivity index (χ1) is 11.2.